The van der Waals surface area contributed by atoms with Crippen LogP contribution in [0.2, 0.25) is 0 Å². The van der Waals surface area contributed by atoms with E-state index in [0.29, 0.717) is 30.2 Å². The molecule has 1 unspecified atom stereocenters. The summed E-state index contributed by atoms with van der Waals surface area (Å²) in [6, 6.07) is 21.5. The van der Waals surface area contributed by atoms with Crippen LogP contribution < -0.4 is 4.74 Å². The zero-order valence-corrected chi connectivity index (χ0v) is 25.2. The van der Waals surface area contributed by atoms with Gasteiger partial charge in [0.2, 0.25) is 12.5 Å². The molecule has 0 saturated heterocycles. The molecule has 12 heteroatoms. The third kappa shape index (κ3) is 6.84. The van der Waals surface area contributed by atoms with Crippen LogP contribution in [0.1, 0.15) is 73.6 Å². The number of carbonyl (C=O) groups excluding carboxylic acids is 2. The van der Waals surface area contributed by atoms with Gasteiger partial charge in [0.25, 0.3) is 6.01 Å². The predicted molar refractivity (Wildman–Crippen MR) is 164 cm³/mol. The Morgan fingerprint density at radius 2 is 1.67 bits per heavy atom. The van der Waals surface area contributed by atoms with Crippen molar-refractivity contribution in [3.05, 3.63) is 83.4 Å². The molecular weight excluding hydrogens is 576 g/mol. The monoisotopic (exact) mass is 610 g/mol. The SMILES string of the molecule is CCOc1nc2cccc(C(=O)OC(C)OC(=O)OC3CCCCC3)c2n1Cc1ccc(-c2ccccc2C2N=NN=N2)cc1. The van der Waals surface area contributed by atoms with Gasteiger partial charge in [0, 0.05) is 12.5 Å². The van der Waals surface area contributed by atoms with E-state index in [2.05, 4.69) is 25.7 Å². The van der Waals surface area contributed by atoms with Crippen LogP contribution in [0.15, 0.2) is 87.4 Å². The van der Waals surface area contributed by atoms with Gasteiger partial charge in [-0.25, -0.2) is 9.59 Å². The van der Waals surface area contributed by atoms with E-state index >= 15 is 0 Å². The van der Waals surface area contributed by atoms with Gasteiger partial charge in [0.1, 0.15) is 6.10 Å². The van der Waals surface area contributed by atoms with Gasteiger partial charge in [-0.3, -0.25) is 4.57 Å². The predicted octanol–water partition coefficient (Wildman–Crippen LogP) is 7.97. The second-order valence-electron chi connectivity index (χ2n) is 10.9. The van der Waals surface area contributed by atoms with E-state index in [-0.39, 0.29) is 11.7 Å². The molecule has 1 fully saturated rings. The number of rotatable bonds is 10. The van der Waals surface area contributed by atoms with Crippen LogP contribution >= 0.6 is 0 Å². The summed E-state index contributed by atoms with van der Waals surface area (Å²) in [4.78, 5) is 30.3. The number of hydrogen-bond donors (Lipinski definition) is 0. The van der Waals surface area contributed by atoms with Crippen LogP contribution in [0.4, 0.5) is 4.79 Å². The van der Waals surface area contributed by atoms with Crippen molar-refractivity contribution < 1.29 is 28.5 Å². The molecule has 45 heavy (non-hydrogen) atoms. The molecule has 0 radical (unpaired) electrons. The maximum absolute atomic E-state index is 13.4. The van der Waals surface area contributed by atoms with E-state index in [9.17, 15) is 9.59 Å². The van der Waals surface area contributed by atoms with Crippen LogP contribution in [-0.4, -0.2) is 40.7 Å². The minimum atomic E-state index is -1.14. The molecule has 232 valence electrons. The fourth-order valence-corrected chi connectivity index (χ4v) is 5.68. The summed E-state index contributed by atoms with van der Waals surface area (Å²) < 4.78 is 23.9. The molecule has 0 spiro atoms. The van der Waals surface area contributed by atoms with Gasteiger partial charge in [0.15, 0.2) is 0 Å². The van der Waals surface area contributed by atoms with E-state index in [1.165, 1.54) is 6.92 Å². The number of ether oxygens (including phenoxy) is 4. The normalized spacial score (nSPS) is 15.7. The van der Waals surface area contributed by atoms with E-state index in [1.807, 2.05) is 66.1 Å². The minimum Gasteiger partial charge on any atom is -0.465 e. The molecule has 6 rings (SSSR count). The van der Waals surface area contributed by atoms with Crippen molar-refractivity contribution in [2.24, 2.45) is 20.7 Å². The van der Waals surface area contributed by atoms with Crippen molar-refractivity contribution in [3.8, 4) is 17.1 Å². The molecule has 0 N–H and O–H groups in total. The van der Waals surface area contributed by atoms with Crippen molar-refractivity contribution in [1.82, 2.24) is 9.55 Å². The van der Waals surface area contributed by atoms with Crippen molar-refractivity contribution in [3.63, 3.8) is 0 Å². The molecule has 4 aromatic rings. The number of hydrogen-bond acceptors (Lipinski definition) is 11. The molecule has 0 bridgehead atoms. The topological polar surface area (TPSA) is 138 Å². The standard InChI is InChI=1S/C33H34N6O6/c1-3-42-32-34-28-15-9-14-27(31(40)43-21(2)44-33(41)45-24-10-5-4-6-11-24)29(28)39(32)20-22-16-18-23(19-17-22)25-12-7-8-13-26(25)30-35-37-38-36-30/h7-9,12-19,21,24,30H,3-6,10-11,20H2,1-2H3. The zero-order chi connectivity index (χ0) is 31.2. The summed E-state index contributed by atoms with van der Waals surface area (Å²) >= 11 is 0. The lowest BCUT2D eigenvalue weighted by Gasteiger charge is -2.22. The second kappa shape index (κ2) is 13.7. The Balaban J connectivity index is 1.22. The first-order valence-electron chi connectivity index (χ1n) is 15.2. The average molecular weight is 611 g/mol. The highest BCUT2D eigenvalue weighted by Gasteiger charge is 2.25. The maximum atomic E-state index is 13.4. The van der Waals surface area contributed by atoms with E-state index < -0.39 is 24.6 Å². The van der Waals surface area contributed by atoms with Crippen LogP contribution in [0.25, 0.3) is 22.2 Å². The highest BCUT2D eigenvalue weighted by atomic mass is 16.8. The summed E-state index contributed by atoms with van der Waals surface area (Å²) in [5.74, 6) is -0.657. The molecule has 2 heterocycles. The largest absolute Gasteiger partial charge is 0.511 e. The molecular formula is C33H34N6O6. The third-order valence-corrected chi connectivity index (χ3v) is 7.78. The quantitative estimate of drug-likeness (QED) is 0.131. The summed E-state index contributed by atoms with van der Waals surface area (Å²) in [5.41, 5.74) is 5.25. The Morgan fingerprint density at radius 1 is 0.911 bits per heavy atom. The second-order valence-corrected chi connectivity index (χ2v) is 10.9. The number of imidazole rings is 1. The highest BCUT2D eigenvalue weighted by Crippen LogP contribution is 2.34. The van der Waals surface area contributed by atoms with Gasteiger partial charge in [-0.15, -0.1) is 10.2 Å². The Bertz CT molecular complexity index is 1720. The number of nitrogens with zero attached hydrogens (tertiary/aromatic N) is 6. The van der Waals surface area contributed by atoms with E-state index in [0.717, 1.165) is 54.4 Å². The first-order valence-corrected chi connectivity index (χ1v) is 15.2. The summed E-state index contributed by atoms with van der Waals surface area (Å²) in [7, 11) is 0. The van der Waals surface area contributed by atoms with Gasteiger partial charge < -0.3 is 18.9 Å². The van der Waals surface area contributed by atoms with Crippen molar-refractivity contribution in [2.45, 2.75) is 71.1 Å². The summed E-state index contributed by atoms with van der Waals surface area (Å²) in [6.45, 7) is 4.13. The Hall–Kier alpha value is -5.13. The molecule has 1 saturated carbocycles. The van der Waals surface area contributed by atoms with Gasteiger partial charge in [-0.2, -0.15) is 4.98 Å². The number of aromatic nitrogens is 2. The van der Waals surface area contributed by atoms with Crippen molar-refractivity contribution in [2.75, 3.05) is 6.61 Å². The van der Waals surface area contributed by atoms with Crippen LogP contribution in [-0.2, 0) is 20.8 Å². The average Bonchev–Trinajstić information content (AvgIpc) is 3.71. The minimum absolute atomic E-state index is 0.164. The lowest BCUT2D eigenvalue weighted by Crippen LogP contribution is -2.26. The maximum Gasteiger partial charge on any atom is 0.511 e. The number of fused-ring (bicyclic) bond motifs is 1. The Kier molecular flexibility index (Phi) is 9.09. The van der Waals surface area contributed by atoms with E-state index in [4.69, 9.17) is 18.9 Å². The smallest absolute Gasteiger partial charge is 0.465 e. The number of esters is 1. The Morgan fingerprint density at radius 3 is 2.42 bits per heavy atom. The van der Waals surface area contributed by atoms with Gasteiger partial charge in [-0.1, -0.05) is 61.0 Å². The molecule has 1 aliphatic heterocycles. The Labute approximate surface area is 260 Å². The fourth-order valence-electron chi connectivity index (χ4n) is 5.68. The summed E-state index contributed by atoms with van der Waals surface area (Å²) in [5, 5.41) is 15.5. The van der Waals surface area contributed by atoms with E-state index in [1.54, 1.807) is 12.1 Å². The highest BCUT2D eigenvalue weighted by molar-refractivity contribution is 6.02. The lowest BCUT2D eigenvalue weighted by atomic mass is 9.97. The van der Waals surface area contributed by atoms with Crippen molar-refractivity contribution in [1.29, 1.82) is 0 Å². The first-order chi connectivity index (χ1) is 22.0. The molecule has 3 aromatic carbocycles. The van der Waals surface area contributed by atoms with Gasteiger partial charge in [0.05, 0.1) is 29.7 Å². The van der Waals surface area contributed by atoms with Crippen LogP contribution in [0.3, 0.4) is 0 Å². The molecule has 1 aromatic heterocycles. The number of benzene rings is 3. The zero-order valence-electron chi connectivity index (χ0n) is 25.2. The molecule has 0 amide bonds. The van der Waals surface area contributed by atoms with Gasteiger partial charge in [-0.05, 0) is 71.9 Å². The van der Waals surface area contributed by atoms with Gasteiger partial charge >= 0.3 is 12.1 Å². The molecule has 1 atom stereocenters. The fraction of sp³-hybridized carbons (Fsp3) is 0.364. The molecule has 2 aliphatic rings. The molecule has 12 nitrogen and oxygen atoms in total. The van der Waals surface area contributed by atoms with Crippen LogP contribution in [0.5, 0.6) is 6.01 Å². The third-order valence-electron chi connectivity index (χ3n) is 7.78. The van der Waals surface area contributed by atoms with Crippen molar-refractivity contribution >= 4 is 23.2 Å². The first kappa shape index (κ1) is 29.9. The molecule has 1 aliphatic carbocycles. The number of carbonyl (C=O) groups is 2. The number of para-hydroxylation sites is 1. The van der Waals surface area contributed by atoms with Crippen LogP contribution in [0, 0.1) is 0 Å². The summed E-state index contributed by atoms with van der Waals surface area (Å²) in [6.07, 6.45) is 2.19. The lowest BCUT2D eigenvalue weighted by molar-refractivity contribution is -0.0914.